The average Bonchev–Trinajstić information content (AvgIpc) is 3.07. The Kier molecular flexibility index (Phi) is 4.97. The molecule has 1 aromatic carbocycles. The Labute approximate surface area is 185 Å². The first-order valence-electron chi connectivity index (χ1n) is 10.5. The van der Waals surface area contributed by atoms with Crippen molar-refractivity contribution in [1.29, 1.82) is 0 Å². The van der Waals surface area contributed by atoms with Crippen molar-refractivity contribution in [2.45, 2.75) is 43.7 Å². The van der Waals surface area contributed by atoms with Gasteiger partial charge in [0.25, 0.3) is 5.91 Å². The molecule has 2 aromatic rings. The number of aromatic nitrogens is 1. The minimum Gasteiger partial charge on any atom is -0.497 e. The summed E-state index contributed by atoms with van der Waals surface area (Å²) in [4.78, 5) is 33.4. The summed E-state index contributed by atoms with van der Waals surface area (Å²) >= 11 is 6.38. The van der Waals surface area contributed by atoms with Crippen LogP contribution < -0.4 is 9.64 Å². The molecule has 1 aliphatic carbocycles. The number of alkyl halides is 1. The first-order chi connectivity index (χ1) is 15.0. The zero-order valence-corrected chi connectivity index (χ0v) is 18.1. The summed E-state index contributed by atoms with van der Waals surface area (Å²) in [5.41, 5.74) is 1.95. The maximum atomic E-state index is 13.7. The lowest BCUT2D eigenvalue weighted by Gasteiger charge is -2.37. The third-order valence-corrected chi connectivity index (χ3v) is 6.71. The maximum absolute atomic E-state index is 13.7. The number of Topliss-reactive ketones (excluding diaryl/α,β-unsaturated/α-hetero) is 1. The quantitative estimate of drug-likeness (QED) is 0.674. The highest BCUT2D eigenvalue weighted by molar-refractivity contribution is 6.21. The minimum absolute atomic E-state index is 0.0482. The van der Waals surface area contributed by atoms with Gasteiger partial charge in [-0.1, -0.05) is 18.2 Å². The van der Waals surface area contributed by atoms with E-state index in [-0.39, 0.29) is 34.8 Å². The Morgan fingerprint density at radius 1 is 1.16 bits per heavy atom. The molecule has 5 rings (SSSR count). The number of carbonyl (C=O) groups is 2. The van der Waals surface area contributed by atoms with Crippen molar-refractivity contribution in [2.24, 2.45) is 5.92 Å². The molecular weight excluding hydrogens is 416 g/mol. The number of methoxy groups -OCH3 is 1. The second-order valence-electron chi connectivity index (χ2n) is 8.27. The van der Waals surface area contributed by atoms with Gasteiger partial charge in [-0.15, -0.1) is 11.6 Å². The van der Waals surface area contributed by atoms with Crippen LogP contribution in [-0.2, 0) is 14.3 Å². The molecule has 4 atom stereocenters. The van der Waals surface area contributed by atoms with E-state index in [0.717, 1.165) is 17.7 Å². The fourth-order valence-corrected chi connectivity index (χ4v) is 5.16. The Hall–Kier alpha value is -2.86. The SMILES string of the molecule is COc1cccc(C2C3=C(OC4CCC(Cl)CC4C3=O)C(=O)N2c2cccc(C)n2)c1. The topological polar surface area (TPSA) is 68.7 Å². The van der Waals surface area contributed by atoms with Gasteiger partial charge in [-0.25, -0.2) is 4.98 Å². The number of hydrogen-bond acceptors (Lipinski definition) is 5. The van der Waals surface area contributed by atoms with E-state index < -0.39 is 6.04 Å². The molecule has 160 valence electrons. The molecule has 1 fully saturated rings. The number of benzene rings is 1. The second kappa shape index (κ2) is 7.68. The van der Waals surface area contributed by atoms with Crippen LogP contribution in [-0.4, -0.2) is 35.3 Å². The highest BCUT2D eigenvalue weighted by atomic mass is 35.5. The van der Waals surface area contributed by atoms with Crippen LogP contribution in [0.15, 0.2) is 53.8 Å². The third-order valence-electron chi connectivity index (χ3n) is 6.31. The van der Waals surface area contributed by atoms with Crippen LogP contribution in [0.2, 0.25) is 0 Å². The first-order valence-corrected chi connectivity index (χ1v) is 10.9. The predicted molar refractivity (Wildman–Crippen MR) is 116 cm³/mol. The number of fused-ring (bicyclic) bond motifs is 1. The van der Waals surface area contributed by atoms with E-state index in [2.05, 4.69) is 4.98 Å². The number of carbonyl (C=O) groups excluding carboxylic acids is 2. The summed E-state index contributed by atoms with van der Waals surface area (Å²) in [7, 11) is 1.59. The molecule has 31 heavy (non-hydrogen) atoms. The van der Waals surface area contributed by atoms with Crippen LogP contribution in [0, 0.1) is 12.8 Å². The van der Waals surface area contributed by atoms with E-state index in [1.54, 1.807) is 18.1 Å². The van der Waals surface area contributed by atoms with Crippen molar-refractivity contribution in [3.05, 3.63) is 65.1 Å². The molecule has 1 saturated carbocycles. The predicted octanol–water partition coefficient (Wildman–Crippen LogP) is 4.12. The summed E-state index contributed by atoms with van der Waals surface area (Å²) < 4.78 is 11.6. The normalized spacial score (nSPS) is 27.6. The van der Waals surface area contributed by atoms with Gasteiger partial charge in [-0.05, 0) is 56.0 Å². The van der Waals surface area contributed by atoms with Crippen LogP contribution in [0.25, 0.3) is 0 Å². The van der Waals surface area contributed by atoms with Crippen LogP contribution in [0.3, 0.4) is 0 Å². The van der Waals surface area contributed by atoms with Gasteiger partial charge < -0.3 is 9.47 Å². The molecule has 0 spiro atoms. The van der Waals surface area contributed by atoms with Crippen LogP contribution in [0.5, 0.6) is 5.75 Å². The Morgan fingerprint density at radius 3 is 2.74 bits per heavy atom. The summed E-state index contributed by atoms with van der Waals surface area (Å²) in [6.45, 7) is 1.87. The van der Waals surface area contributed by atoms with Crippen molar-refractivity contribution < 1.29 is 19.1 Å². The molecule has 6 nitrogen and oxygen atoms in total. The molecule has 2 aliphatic heterocycles. The molecule has 0 N–H and O–H groups in total. The monoisotopic (exact) mass is 438 g/mol. The fraction of sp³-hybridized carbons (Fsp3) is 0.375. The highest BCUT2D eigenvalue weighted by Gasteiger charge is 2.53. The number of nitrogens with zero attached hydrogens (tertiary/aromatic N) is 2. The molecule has 7 heteroatoms. The third kappa shape index (κ3) is 3.30. The zero-order valence-electron chi connectivity index (χ0n) is 17.4. The molecule has 1 amide bonds. The second-order valence-corrected chi connectivity index (χ2v) is 8.89. The number of pyridine rings is 1. The summed E-state index contributed by atoms with van der Waals surface area (Å²) in [5, 5.41) is -0.0575. The Balaban J connectivity index is 1.66. The number of hydrogen-bond donors (Lipinski definition) is 0. The summed E-state index contributed by atoms with van der Waals surface area (Å²) in [6.07, 6.45) is 1.70. The smallest absolute Gasteiger partial charge is 0.295 e. The van der Waals surface area contributed by atoms with Crippen LogP contribution in [0.4, 0.5) is 5.82 Å². The Bertz CT molecular complexity index is 1100. The number of rotatable bonds is 3. The molecule has 3 aliphatic rings. The molecule has 0 saturated heterocycles. The number of aryl methyl sites for hydroxylation is 1. The van der Waals surface area contributed by atoms with Gasteiger partial charge in [0.05, 0.1) is 24.6 Å². The molecule has 0 radical (unpaired) electrons. The van der Waals surface area contributed by atoms with Gasteiger partial charge in [0, 0.05) is 11.1 Å². The van der Waals surface area contributed by atoms with Gasteiger partial charge in [0.15, 0.2) is 11.5 Å². The van der Waals surface area contributed by atoms with Gasteiger partial charge >= 0.3 is 0 Å². The average molecular weight is 439 g/mol. The zero-order chi connectivity index (χ0) is 21.7. The van der Waals surface area contributed by atoms with E-state index in [4.69, 9.17) is 21.1 Å². The van der Waals surface area contributed by atoms with Crippen molar-refractivity contribution in [3.8, 4) is 5.75 Å². The molecule has 0 bridgehead atoms. The van der Waals surface area contributed by atoms with Gasteiger partial charge in [0.2, 0.25) is 0 Å². The van der Waals surface area contributed by atoms with E-state index >= 15 is 0 Å². The lowest BCUT2D eigenvalue weighted by Crippen LogP contribution is -2.41. The van der Waals surface area contributed by atoms with Crippen molar-refractivity contribution in [1.82, 2.24) is 4.98 Å². The standard InChI is InChI=1S/C24H23ClN2O4/c1-13-5-3-8-19(26-13)27-21(14-6-4-7-16(11-14)30-2)20-22(28)17-12-15(25)9-10-18(17)31-23(20)24(27)29/h3-8,11,15,17-18,21H,9-10,12H2,1-2H3. The lowest BCUT2D eigenvalue weighted by molar-refractivity contribution is -0.131. The van der Waals surface area contributed by atoms with E-state index in [9.17, 15) is 9.59 Å². The largest absolute Gasteiger partial charge is 0.497 e. The number of ketones is 1. The number of amides is 1. The summed E-state index contributed by atoms with van der Waals surface area (Å²) in [6, 6.07) is 12.3. The maximum Gasteiger partial charge on any atom is 0.295 e. The van der Waals surface area contributed by atoms with E-state index in [1.165, 1.54) is 0 Å². The minimum atomic E-state index is -0.629. The van der Waals surface area contributed by atoms with Crippen molar-refractivity contribution >= 4 is 29.1 Å². The van der Waals surface area contributed by atoms with Gasteiger partial charge in [0.1, 0.15) is 17.7 Å². The van der Waals surface area contributed by atoms with Crippen molar-refractivity contribution in [3.63, 3.8) is 0 Å². The van der Waals surface area contributed by atoms with Gasteiger partial charge in [-0.2, -0.15) is 0 Å². The molecule has 1 aromatic heterocycles. The molecule has 4 unspecified atom stereocenters. The highest BCUT2D eigenvalue weighted by Crippen LogP contribution is 2.48. The molecular formula is C24H23ClN2O4. The van der Waals surface area contributed by atoms with Crippen LogP contribution >= 0.6 is 11.6 Å². The summed E-state index contributed by atoms with van der Waals surface area (Å²) in [5.74, 6) is 0.573. The number of ether oxygens (including phenoxy) is 2. The first kappa shape index (κ1) is 20.1. The van der Waals surface area contributed by atoms with Gasteiger partial charge in [-0.3, -0.25) is 14.5 Å². The van der Waals surface area contributed by atoms with Crippen LogP contribution in [0.1, 0.15) is 36.6 Å². The number of halogens is 1. The molecule has 3 heterocycles. The Morgan fingerprint density at radius 2 is 1.97 bits per heavy atom. The van der Waals surface area contributed by atoms with E-state index in [1.807, 2.05) is 43.3 Å². The van der Waals surface area contributed by atoms with Crippen molar-refractivity contribution in [2.75, 3.05) is 12.0 Å². The fourth-order valence-electron chi connectivity index (χ4n) is 4.84. The number of anilines is 1. The van der Waals surface area contributed by atoms with E-state index in [0.29, 0.717) is 30.0 Å². The lowest BCUT2D eigenvalue weighted by atomic mass is 9.77.